The highest BCUT2D eigenvalue weighted by molar-refractivity contribution is 5.72. The molecule has 0 bridgehead atoms. The molecule has 3 heteroatoms. The smallest absolute Gasteiger partial charge is 0.131 e. The topological polar surface area (TPSA) is 52.0 Å². The number of anilines is 1. The van der Waals surface area contributed by atoms with Crippen molar-refractivity contribution in [1.82, 2.24) is 0 Å². The van der Waals surface area contributed by atoms with Gasteiger partial charge in [0.05, 0.1) is 0 Å². The minimum atomic E-state index is -0.239. The van der Waals surface area contributed by atoms with E-state index in [-0.39, 0.29) is 11.9 Å². The molecule has 0 aliphatic rings. The molecule has 0 radical (unpaired) electrons. The van der Waals surface area contributed by atoms with Crippen molar-refractivity contribution in [3.63, 3.8) is 0 Å². The van der Waals surface area contributed by atoms with E-state index in [0.717, 1.165) is 28.7 Å². The van der Waals surface area contributed by atoms with E-state index in [4.69, 9.17) is 11.5 Å². The van der Waals surface area contributed by atoms with E-state index in [1.165, 1.54) is 0 Å². The van der Waals surface area contributed by atoms with Crippen LogP contribution >= 0.6 is 0 Å². The maximum absolute atomic E-state index is 14.6. The zero-order chi connectivity index (χ0) is 17.1. The van der Waals surface area contributed by atoms with E-state index in [1.807, 2.05) is 67.6 Å². The van der Waals surface area contributed by atoms with Crippen LogP contribution in [0.4, 0.5) is 10.1 Å². The second kappa shape index (κ2) is 6.85. The van der Waals surface area contributed by atoms with Crippen molar-refractivity contribution in [1.29, 1.82) is 0 Å². The molecule has 3 aromatic rings. The average molecular weight is 320 g/mol. The molecule has 4 N–H and O–H groups in total. The molecule has 2 nitrogen and oxygen atoms in total. The van der Waals surface area contributed by atoms with Crippen molar-refractivity contribution in [2.24, 2.45) is 5.73 Å². The van der Waals surface area contributed by atoms with E-state index in [9.17, 15) is 4.39 Å². The standard InChI is InChI=1S/C21H21FN2/c1-2-21(24)16-5-3-15(4-6-16)19-12-9-17(13-20(19)22)14-7-10-18(23)11-8-14/h3-13,21H,2,23-24H2,1H3. The Balaban J connectivity index is 1.91. The Morgan fingerprint density at radius 3 is 2.00 bits per heavy atom. The molecule has 0 amide bonds. The first-order chi connectivity index (χ1) is 11.6. The van der Waals surface area contributed by atoms with Gasteiger partial charge in [0, 0.05) is 17.3 Å². The van der Waals surface area contributed by atoms with E-state index in [1.54, 1.807) is 6.07 Å². The molecule has 0 aliphatic heterocycles. The van der Waals surface area contributed by atoms with Gasteiger partial charge in [0.1, 0.15) is 5.82 Å². The van der Waals surface area contributed by atoms with Gasteiger partial charge in [-0.25, -0.2) is 4.39 Å². The van der Waals surface area contributed by atoms with Crippen LogP contribution in [0.1, 0.15) is 24.9 Å². The van der Waals surface area contributed by atoms with Gasteiger partial charge in [0.2, 0.25) is 0 Å². The van der Waals surface area contributed by atoms with Crippen molar-refractivity contribution in [2.45, 2.75) is 19.4 Å². The van der Waals surface area contributed by atoms with E-state index in [0.29, 0.717) is 11.3 Å². The molecule has 1 atom stereocenters. The number of nitrogens with two attached hydrogens (primary N) is 2. The van der Waals surface area contributed by atoms with E-state index < -0.39 is 0 Å². The summed E-state index contributed by atoms with van der Waals surface area (Å²) in [5, 5.41) is 0. The summed E-state index contributed by atoms with van der Waals surface area (Å²) in [5.41, 5.74) is 16.7. The van der Waals surface area contributed by atoms with Crippen LogP contribution in [0.15, 0.2) is 66.7 Å². The maximum Gasteiger partial charge on any atom is 0.131 e. The van der Waals surface area contributed by atoms with Gasteiger partial charge in [-0.05, 0) is 46.9 Å². The Kier molecular flexibility index (Phi) is 4.63. The molecule has 0 spiro atoms. The van der Waals surface area contributed by atoms with Crippen LogP contribution < -0.4 is 11.5 Å². The highest BCUT2D eigenvalue weighted by Crippen LogP contribution is 2.29. The van der Waals surface area contributed by atoms with Gasteiger partial charge >= 0.3 is 0 Å². The lowest BCUT2D eigenvalue weighted by Gasteiger charge is -2.11. The molecule has 0 fully saturated rings. The van der Waals surface area contributed by atoms with Crippen LogP contribution in [0.2, 0.25) is 0 Å². The minimum absolute atomic E-state index is 0.0248. The molecule has 24 heavy (non-hydrogen) atoms. The van der Waals surface area contributed by atoms with Crippen molar-refractivity contribution >= 4 is 5.69 Å². The highest BCUT2D eigenvalue weighted by Gasteiger charge is 2.09. The SMILES string of the molecule is CCC(N)c1ccc(-c2ccc(-c3ccc(N)cc3)cc2F)cc1. The second-order valence-corrected chi connectivity index (χ2v) is 5.95. The Labute approximate surface area is 141 Å². The summed E-state index contributed by atoms with van der Waals surface area (Å²) >= 11 is 0. The third kappa shape index (κ3) is 3.31. The number of hydrogen-bond acceptors (Lipinski definition) is 2. The number of nitrogen functional groups attached to an aromatic ring is 1. The van der Waals surface area contributed by atoms with Gasteiger partial charge in [0.15, 0.2) is 0 Å². The third-order valence-corrected chi connectivity index (χ3v) is 4.30. The van der Waals surface area contributed by atoms with Crippen molar-refractivity contribution < 1.29 is 4.39 Å². The highest BCUT2D eigenvalue weighted by atomic mass is 19.1. The normalized spacial score (nSPS) is 12.1. The summed E-state index contributed by atoms with van der Waals surface area (Å²) in [7, 11) is 0. The van der Waals surface area contributed by atoms with Crippen LogP contribution in [-0.4, -0.2) is 0 Å². The molecule has 0 aromatic heterocycles. The van der Waals surface area contributed by atoms with Crippen LogP contribution in [0, 0.1) is 5.82 Å². The minimum Gasteiger partial charge on any atom is -0.399 e. The number of benzene rings is 3. The van der Waals surface area contributed by atoms with E-state index in [2.05, 4.69) is 0 Å². The van der Waals surface area contributed by atoms with Gasteiger partial charge in [-0.15, -0.1) is 0 Å². The summed E-state index contributed by atoms with van der Waals surface area (Å²) in [6.07, 6.45) is 0.879. The molecule has 0 heterocycles. The Morgan fingerprint density at radius 1 is 0.833 bits per heavy atom. The third-order valence-electron chi connectivity index (χ3n) is 4.30. The number of halogens is 1. The van der Waals surface area contributed by atoms with Crippen molar-refractivity contribution in [2.75, 3.05) is 5.73 Å². The first kappa shape index (κ1) is 16.2. The molecule has 3 rings (SSSR count). The molecular weight excluding hydrogens is 299 g/mol. The summed E-state index contributed by atoms with van der Waals surface area (Å²) in [4.78, 5) is 0. The summed E-state index contributed by atoms with van der Waals surface area (Å²) < 4.78 is 14.6. The predicted molar refractivity (Wildman–Crippen MR) is 98.9 cm³/mol. The second-order valence-electron chi connectivity index (χ2n) is 5.95. The van der Waals surface area contributed by atoms with Gasteiger partial charge in [-0.3, -0.25) is 0 Å². The fourth-order valence-electron chi connectivity index (χ4n) is 2.75. The molecule has 122 valence electrons. The number of rotatable bonds is 4. The number of hydrogen-bond donors (Lipinski definition) is 2. The molecule has 0 aliphatic carbocycles. The molecule has 3 aromatic carbocycles. The van der Waals surface area contributed by atoms with E-state index >= 15 is 0 Å². The first-order valence-electron chi connectivity index (χ1n) is 8.10. The van der Waals surface area contributed by atoms with Crippen LogP contribution in [-0.2, 0) is 0 Å². The van der Waals surface area contributed by atoms with Crippen LogP contribution in [0.5, 0.6) is 0 Å². The van der Waals surface area contributed by atoms with Gasteiger partial charge in [-0.1, -0.05) is 55.5 Å². The monoisotopic (exact) mass is 320 g/mol. The fraction of sp³-hybridized carbons (Fsp3) is 0.143. The fourth-order valence-corrected chi connectivity index (χ4v) is 2.75. The van der Waals surface area contributed by atoms with Gasteiger partial charge in [0.25, 0.3) is 0 Å². The summed E-state index contributed by atoms with van der Waals surface area (Å²) in [5.74, 6) is -0.239. The summed E-state index contributed by atoms with van der Waals surface area (Å²) in [6.45, 7) is 2.05. The summed E-state index contributed by atoms with van der Waals surface area (Å²) in [6, 6.07) is 20.5. The predicted octanol–water partition coefficient (Wildman–Crippen LogP) is 5.15. The Bertz CT molecular complexity index is 823. The van der Waals surface area contributed by atoms with Gasteiger partial charge in [-0.2, -0.15) is 0 Å². The lowest BCUT2D eigenvalue weighted by molar-refractivity contribution is 0.632. The van der Waals surface area contributed by atoms with Crippen LogP contribution in [0.25, 0.3) is 22.3 Å². The van der Waals surface area contributed by atoms with Gasteiger partial charge < -0.3 is 11.5 Å². The molecule has 0 saturated heterocycles. The van der Waals surface area contributed by atoms with Crippen molar-refractivity contribution in [3.05, 3.63) is 78.1 Å². The Morgan fingerprint density at radius 2 is 1.42 bits per heavy atom. The molecular formula is C21H21FN2. The quantitative estimate of drug-likeness (QED) is 0.653. The maximum atomic E-state index is 14.6. The Hall–Kier alpha value is -2.65. The van der Waals surface area contributed by atoms with Crippen LogP contribution in [0.3, 0.4) is 0 Å². The zero-order valence-corrected chi connectivity index (χ0v) is 13.7. The van der Waals surface area contributed by atoms with Crippen molar-refractivity contribution in [3.8, 4) is 22.3 Å². The average Bonchev–Trinajstić information content (AvgIpc) is 2.62. The lowest BCUT2D eigenvalue weighted by atomic mass is 9.97. The first-order valence-corrected chi connectivity index (χ1v) is 8.10. The largest absolute Gasteiger partial charge is 0.399 e. The zero-order valence-electron chi connectivity index (χ0n) is 13.7. The molecule has 1 unspecified atom stereocenters. The lowest BCUT2D eigenvalue weighted by Crippen LogP contribution is -2.08. The molecule has 0 saturated carbocycles.